The van der Waals surface area contributed by atoms with E-state index in [4.69, 9.17) is 0 Å². The fourth-order valence-electron chi connectivity index (χ4n) is 0.408. The van der Waals surface area contributed by atoms with Gasteiger partial charge in [-0.1, -0.05) is 13.8 Å². The van der Waals surface area contributed by atoms with E-state index in [1.165, 1.54) is 0 Å². The molecule has 0 aromatic carbocycles. The van der Waals surface area contributed by atoms with E-state index in [1.54, 1.807) is 13.8 Å². The van der Waals surface area contributed by atoms with Gasteiger partial charge in [-0.3, -0.25) is 0 Å². The van der Waals surface area contributed by atoms with Gasteiger partial charge in [-0.15, -0.1) is 0 Å². The first-order valence-electron chi connectivity index (χ1n) is 2.35. The summed E-state index contributed by atoms with van der Waals surface area (Å²) in [6, 6.07) is 0. The summed E-state index contributed by atoms with van der Waals surface area (Å²) in [6.45, 7) is 3.38. The fourth-order valence-corrected chi connectivity index (χ4v) is 1.22. The van der Waals surface area contributed by atoms with Crippen LogP contribution in [0.15, 0.2) is 0 Å². The summed E-state index contributed by atoms with van der Waals surface area (Å²) in [6.07, 6.45) is 0. The van der Waals surface area contributed by atoms with Gasteiger partial charge in [0, 0.05) is 5.75 Å². The number of hydrogen-bond donors (Lipinski definition) is 0. The molecule has 5 heteroatoms. The maximum absolute atomic E-state index is 9.89. The van der Waals surface area contributed by atoms with Crippen LogP contribution in [-0.4, -0.2) is 18.7 Å². The molecule has 58 valence electrons. The maximum Gasteiger partial charge on any atom is 1.00 e. The van der Waals surface area contributed by atoms with Crippen LogP contribution in [-0.2, 0) is 10.1 Å². The summed E-state index contributed by atoms with van der Waals surface area (Å²) in [5, 5.41) is 0. The molecule has 0 radical (unpaired) electrons. The van der Waals surface area contributed by atoms with Gasteiger partial charge in [0.1, 0.15) is 0 Å². The Bertz CT molecular complexity index is 150. The van der Waals surface area contributed by atoms with Gasteiger partial charge in [-0.2, -0.15) is 0 Å². The second-order valence-electron chi connectivity index (χ2n) is 2.12. The topological polar surface area (TPSA) is 57.2 Å². The van der Waals surface area contributed by atoms with Crippen molar-refractivity contribution in [3.05, 3.63) is 7.43 Å². The predicted molar refractivity (Wildman–Crippen MR) is 35.8 cm³/mol. The first-order chi connectivity index (χ1) is 3.42. The molecule has 0 bridgehead atoms. The zero-order valence-corrected chi connectivity index (χ0v) is 9.73. The molecule has 10 heavy (non-hydrogen) atoms. The Labute approximate surface area is 85.2 Å². The molecule has 0 aliphatic rings. The fraction of sp³-hybridized carbons (Fsp3) is 0.800. The van der Waals surface area contributed by atoms with Gasteiger partial charge in [0.15, 0.2) is 0 Å². The van der Waals surface area contributed by atoms with E-state index in [-0.39, 0.29) is 48.7 Å². The van der Waals surface area contributed by atoms with Crippen LogP contribution in [0, 0.1) is 13.3 Å². The number of rotatable bonds is 2. The summed E-state index contributed by atoms with van der Waals surface area (Å²) in [5.41, 5.74) is 0. The zero-order chi connectivity index (χ0) is 6.78. The van der Waals surface area contributed by atoms with Gasteiger partial charge in [-0.25, -0.2) is 8.42 Å². The molecule has 0 saturated carbocycles. The van der Waals surface area contributed by atoms with Crippen LogP contribution in [0.1, 0.15) is 13.8 Å². The van der Waals surface area contributed by atoms with Gasteiger partial charge in [0.2, 0.25) is 0 Å². The quantitative estimate of drug-likeness (QED) is 0.268. The second kappa shape index (κ2) is 6.61. The molecule has 0 unspecified atom stereocenters. The molecule has 0 N–H and O–H groups in total. The van der Waals surface area contributed by atoms with Gasteiger partial charge in [0.05, 0.1) is 10.1 Å². The molecule has 0 heterocycles. The second-order valence-corrected chi connectivity index (χ2v) is 3.57. The SMILES string of the molecule is CC(C)CS(=O)(=O)[O-].[CH3-].[Na+]. The van der Waals surface area contributed by atoms with Crippen molar-refractivity contribution in [2.24, 2.45) is 5.92 Å². The third kappa shape index (κ3) is 16.0. The van der Waals surface area contributed by atoms with Crippen molar-refractivity contribution in [3.8, 4) is 0 Å². The monoisotopic (exact) mass is 175 g/mol. The summed E-state index contributed by atoms with van der Waals surface area (Å²) in [5.74, 6) is -0.315. The Morgan fingerprint density at radius 1 is 1.40 bits per heavy atom. The average Bonchev–Trinajstić information content (AvgIpc) is 1.21. The molecule has 0 rings (SSSR count). The number of hydrogen-bond acceptors (Lipinski definition) is 3. The van der Waals surface area contributed by atoms with Crippen molar-refractivity contribution in [1.29, 1.82) is 0 Å². The van der Waals surface area contributed by atoms with E-state index in [2.05, 4.69) is 0 Å². The smallest absolute Gasteiger partial charge is 0.748 e. The van der Waals surface area contributed by atoms with Crippen molar-refractivity contribution in [2.75, 3.05) is 5.75 Å². The van der Waals surface area contributed by atoms with Crippen molar-refractivity contribution in [1.82, 2.24) is 0 Å². The first kappa shape index (κ1) is 17.1. The normalized spacial score (nSPS) is 10.0. The van der Waals surface area contributed by atoms with Crippen molar-refractivity contribution in [2.45, 2.75) is 13.8 Å². The molecule has 0 atom stereocenters. The Balaban J connectivity index is -0.000000245. The average molecular weight is 175 g/mol. The van der Waals surface area contributed by atoms with Crippen LogP contribution in [0.2, 0.25) is 0 Å². The van der Waals surface area contributed by atoms with Gasteiger partial charge >= 0.3 is 29.6 Å². The summed E-state index contributed by atoms with van der Waals surface area (Å²) >= 11 is 0. The minimum absolute atomic E-state index is 0. The molecular formula is C5H12NaO3S-. The molecule has 3 nitrogen and oxygen atoms in total. The molecule has 0 saturated heterocycles. The Morgan fingerprint density at radius 2 is 1.70 bits per heavy atom. The van der Waals surface area contributed by atoms with E-state index in [0.717, 1.165) is 0 Å². The summed E-state index contributed by atoms with van der Waals surface area (Å²) in [4.78, 5) is 0. The molecule has 0 spiro atoms. The standard InChI is InChI=1S/C4H10O3S.CH3.Na/c1-4(2)3-8(5,6)7;;/h4H,3H2,1-2H3,(H,5,6,7);1H3;/q;-1;+1/p-1. The molecule has 0 fully saturated rings. The molecule has 0 aromatic rings. The molecule has 0 amide bonds. The van der Waals surface area contributed by atoms with E-state index in [9.17, 15) is 13.0 Å². The third-order valence-corrected chi connectivity index (χ3v) is 1.61. The molecule has 0 aliphatic heterocycles. The Morgan fingerprint density at radius 3 is 1.70 bits per heavy atom. The first-order valence-corrected chi connectivity index (χ1v) is 3.93. The summed E-state index contributed by atoms with van der Waals surface area (Å²) in [7, 11) is -3.97. The van der Waals surface area contributed by atoms with E-state index in [0.29, 0.717) is 0 Å². The van der Waals surface area contributed by atoms with Gasteiger partial charge in [-0.05, 0) is 5.92 Å². The maximum atomic E-state index is 9.89. The third-order valence-electron chi connectivity index (χ3n) is 0.537. The van der Waals surface area contributed by atoms with Crippen LogP contribution < -0.4 is 29.6 Å². The molecule has 0 aromatic heterocycles. The molecular weight excluding hydrogens is 163 g/mol. The molecule has 0 aliphatic carbocycles. The van der Waals surface area contributed by atoms with E-state index >= 15 is 0 Å². The zero-order valence-electron chi connectivity index (χ0n) is 6.92. The largest absolute Gasteiger partial charge is 1.00 e. The predicted octanol–water partition coefficient (Wildman–Crippen LogP) is -2.36. The van der Waals surface area contributed by atoms with Crippen molar-refractivity contribution < 1.29 is 42.5 Å². The van der Waals surface area contributed by atoms with E-state index in [1.807, 2.05) is 0 Å². The van der Waals surface area contributed by atoms with E-state index < -0.39 is 10.1 Å². The van der Waals surface area contributed by atoms with Crippen LogP contribution in [0.4, 0.5) is 0 Å². The van der Waals surface area contributed by atoms with Crippen LogP contribution >= 0.6 is 0 Å². The van der Waals surface area contributed by atoms with Crippen LogP contribution in [0.25, 0.3) is 0 Å². The van der Waals surface area contributed by atoms with Gasteiger partial charge in [0.25, 0.3) is 0 Å². The van der Waals surface area contributed by atoms with Gasteiger partial charge < -0.3 is 12.0 Å². The minimum atomic E-state index is -3.97. The van der Waals surface area contributed by atoms with Crippen molar-refractivity contribution >= 4 is 10.1 Å². The minimum Gasteiger partial charge on any atom is -0.748 e. The summed E-state index contributed by atoms with van der Waals surface area (Å²) < 4.78 is 29.7. The Hall–Kier alpha value is 0.910. The Kier molecular flexibility index (Phi) is 11.3. The van der Waals surface area contributed by atoms with Crippen LogP contribution in [0.3, 0.4) is 0 Å². The van der Waals surface area contributed by atoms with Crippen LogP contribution in [0.5, 0.6) is 0 Å². The van der Waals surface area contributed by atoms with Crippen molar-refractivity contribution in [3.63, 3.8) is 0 Å².